The highest BCUT2D eigenvalue weighted by Gasteiger charge is 2.28. The molecule has 2 N–H and O–H groups in total. The van der Waals surface area contributed by atoms with Crippen molar-refractivity contribution in [1.29, 1.82) is 0 Å². The van der Waals surface area contributed by atoms with E-state index in [2.05, 4.69) is 25.8 Å². The van der Waals surface area contributed by atoms with Gasteiger partial charge in [-0.3, -0.25) is 0 Å². The van der Waals surface area contributed by atoms with Crippen LogP contribution < -0.4 is 10.6 Å². The van der Waals surface area contributed by atoms with Crippen LogP contribution in [0.2, 0.25) is 0 Å². The van der Waals surface area contributed by atoms with Gasteiger partial charge >= 0.3 is 0 Å². The fourth-order valence-corrected chi connectivity index (χ4v) is 4.04. The van der Waals surface area contributed by atoms with E-state index in [1.54, 1.807) is 18.2 Å². The Hall–Kier alpha value is -2.29. The largest absolute Gasteiger partial charge is 0.364 e. The smallest absolute Gasteiger partial charge is 0.244 e. The lowest BCUT2D eigenvalue weighted by Gasteiger charge is -2.11. The molecule has 2 aromatic rings. The summed E-state index contributed by atoms with van der Waals surface area (Å²) in [5, 5.41) is 13.6. The van der Waals surface area contributed by atoms with Crippen molar-refractivity contribution in [2.24, 2.45) is 0 Å². The number of anilines is 2. The second-order valence-corrected chi connectivity index (χ2v) is 7.58. The number of halogens is 1. The van der Waals surface area contributed by atoms with E-state index in [4.69, 9.17) is 0 Å². The van der Waals surface area contributed by atoms with Crippen LogP contribution in [-0.2, 0) is 16.4 Å². The molecule has 0 bridgehead atoms. The molecule has 1 aromatic heterocycles. The van der Waals surface area contributed by atoms with Gasteiger partial charge < -0.3 is 10.6 Å². The average molecular weight is 337 g/mol. The number of rotatable bonds is 5. The first-order chi connectivity index (χ1) is 11.0. The summed E-state index contributed by atoms with van der Waals surface area (Å²) in [7, 11) is -2.97. The number of hydrogen-bond donors (Lipinski definition) is 2. The van der Waals surface area contributed by atoms with Gasteiger partial charge in [-0.15, -0.1) is 5.10 Å². The number of hydrogen-bond acceptors (Lipinski definition) is 7. The third kappa shape index (κ3) is 4.13. The Bertz CT molecular complexity index is 799. The Morgan fingerprint density at radius 3 is 2.87 bits per heavy atom. The summed E-state index contributed by atoms with van der Waals surface area (Å²) in [5.41, 5.74) is 0.516. The molecule has 9 heteroatoms. The van der Waals surface area contributed by atoms with E-state index in [-0.39, 0.29) is 35.9 Å². The fourth-order valence-electron chi connectivity index (χ4n) is 2.37. The molecule has 122 valence electrons. The number of benzene rings is 1. The summed E-state index contributed by atoms with van der Waals surface area (Å²) in [6, 6.07) is 6.25. The van der Waals surface area contributed by atoms with Gasteiger partial charge in [0.15, 0.2) is 15.7 Å². The highest BCUT2D eigenvalue weighted by molar-refractivity contribution is 7.91. The molecule has 0 radical (unpaired) electrons. The summed E-state index contributed by atoms with van der Waals surface area (Å²) in [5.74, 6) is 0.640. The van der Waals surface area contributed by atoms with Crippen molar-refractivity contribution in [2.45, 2.75) is 19.0 Å². The minimum absolute atomic E-state index is 0.0727. The molecule has 0 amide bonds. The van der Waals surface area contributed by atoms with Gasteiger partial charge in [-0.25, -0.2) is 12.8 Å². The van der Waals surface area contributed by atoms with Gasteiger partial charge in [0, 0.05) is 18.2 Å². The highest BCUT2D eigenvalue weighted by Crippen LogP contribution is 2.16. The number of aromatic nitrogens is 3. The lowest BCUT2D eigenvalue weighted by molar-refractivity contribution is 0.602. The monoisotopic (exact) mass is 337 g/mol. The summed E-state index contributed by atoms with van der Waals surface area (Å²) in [4.78, 5) is 4.22. The molecular weight excluding hydrogens is 321 g/mol. The Morgan fingerprint density at radius 2 is 2.13 bits per heavy atom. The normalized spacial score (nSPS) is 19.4. The molecule has 1 aromatic carbocycles. The van der Waals surface area contributed by atoms with Gasteiger partial charge in [-0.2, -0.15) is 10.1 Å². The molecule has 1 aliphatic rings. The minimum atomic E-state index is -2.97. The number of sulfone groups is 1. The molecule has 2 heterocycles. The Morgan fingerprint density at radius 1 is 1.30 bits per heavy atom. The maximum atomic E-state index is 13.6. The zero-order valence-electron chi connectivity index (χ0n) is 12.2. The van der Waals surface area contributed by atoms with Gasteiger partial charge in [-0.05, 0) is 12.5 Å². The van der Waals surface area contributed by atoms with Crippen molar-refractivity contribution in [2.75, 3.05) is 22.1 Å². The van der Waals surface area contributed by atoms with Gasteiger partial charge in [0.25, 0.3) is 0 Å². The first-order valence-electron chi connectivity index (χ1n) is 7.16. The summed E-state index contributed by atoms with van der Waals surface area (Å²) in [6.45, 7) is 0.266. The average Bonchev–Trinajstić information content (AvgIpc) is 2.86. The quantitative estimate of drug-likeness (QED) is 0.847. The predicted molar refractivity (Wildman–Crippen MR) is 84.2 cm³/mol. The topological polar surface area (TPSA) is 96.9 Å². The second kappa shape index (κ2) is 6.45. The second-order valence-electron chi connectivity index (χ2n) is 5.35. The van der Waals surface area contributed by atoms with Crippen LogP contribution in [0, 0.1) is 5.82 Å². The van der Waals surface area contributed by atoms with Gasteiger partial charge in [0.05, 0.1) is 17.7 Å². The highest BCUT2D eigenvalue weighted by atomic mass is 32.2. The minimum Gasteiger partial charge on any atom is -0.364 e. The molecule has 3 rings (SSSR count). The van der Waals surface area contributed by atoms with Crippen LogP contribution in [0.5, 0.6) is 0 Å². The van der Waals surface area contributed by atoms with Crippen molar-refractivity contribution in [1.82, 2.24) is 15.2 Å². The summed E-state index contributed by atoms with van der Waals surface area (Å²) in [6.07, 6.45) is 1.95. The first kappa shape index (κ1) is 15.6. The van der Waals surface area contributed by atoms with E-state index < -0.39 is 9.84 Å². The van der Waals surface area contributed by atoms with Crippen LogP contribution in [0.3, 0.4) is 0 Å². The third-order valence-electron chi connectivity index (χ3n) is 3.54. The van der Waals surface area contributed by atoms with E-state index in [0.29, 0.717) is 17.8 Å². The molecule has 1 atom stereocenters. The lowest BCUT2D eigenvalue weighted by atomic mass is 10.2. The van der Waals surface area contributed by atoms with Crippen LogP contribution in [0.4, 0.5) is 16.2 Å². The first-order valence-corrected chi connectivity index (χ1v) is 8.98. The Labute approximate surface area is 133 Å². The van der Waals surface area contributed by atoms with E-state index >= 15 is 0 Å². The molecule has 0 aliphatic carbocycles. The molecule has 23 heavy (non-hydrogen) atoms. The summed E-state index contributed by atoms with van der Waals surface area (Å²) < 4.78 is 36.4. The zero-order chi connectivity index (χ0) is 16.3. The zero-order valence-corrected chi connectivity index (χ0v) is 13.1. The van der Waals surface area contributed by atoms with E-state index in [1.807, 2.05) is 0 Å². The van der Waals surface area contributed by atoms with Gasteiger partial charge in [-0.1, -0.05) is 18.2 Å². The van der Waals surface area contributed by atoms with Crippen molar-refractivity contribution in [3.8, 4) is 0 Å². The Balaban J connectivity index is 1.62. The molecule has 1 saturated heterocycles. The molecule has 0 saturated carbocycles. The van der Waals surface area contributed by atoms with Crippen molar-refractivity contribution >= 4 is 21.6 Å². The van der Waals surface area contributed by atoms with Crippen LogP contribution in [0.15, 0.2) is 30.5 Å². The molecule has 1 fully saturated rings. The lowest BCUT2D eigenvalue weighted by Crippen LogP contribution is -2.22. The maximum Gasteiger partial charge on any atom is 0.244 e. The standard InChI is InChI=1S/C14H16FN5O2S/c15-12-4-2-1-3-10(12)7-16-13-8-17-20-14(19-13)18-11-5-6-23(21,22)9-11/h1-4,8,11H,5-7,9H2,(H2,16,18,19,20). The van der Waals surface area contributed by atoms with Crippen LogP contribution >= 0.6 is 0 Å². The summed E-state index contributed by atoms with van der Waals surface area (Å²) >= 11 is 0. The number of nitrogens with one attached hydrogen (secondary N) is 2. The SMILES string of the molecule is O=S1(=O)CCC(Nc2nncc(NCc3ccccc3F)n2)C1. The van der Waals surface area contributed by atoms with Gasteiger partial charge in [0.2, 0.25) is 5.95 Å². The van der Waals surface area contributed by atoms with Crippen LogP contribution in [0.25, 0.3) is 0 Å². The van der Waals surface area contributed by atoms with E-state index in [9.17, 15) is 12.8 Å². The Kier molecular flexibility index (Phi) is 4.37. The fraction of sp³-hybridized carbons (Fsp3) is 0.357. The third-order valence-corrected chi connectivity index (χ3v) is 5.31. The van der Waals surface area contributed by atoms with E-state index in [1.165, 1.54) is 12.3 Å². The predicted octanol–water partition coefficient (Wildman–Crippen LogP) is 1.22. The van der Waals surface area contributed by atoms with Crippen molar-refractivity contribution in [3.63, 3.8) is 0 Å². The van der Waals surface area contributed by atoms with Crippen LogP contribution in [-0.4, -0.2) is 41.1 Å². The molecule has 1 aliphatic heterocycles. The van der Waals surface area contributed by atoms with Crippen molar-refractivity contribution < 1.29 is 12.8 Å². The molecule has 1 unspecified atom stereocenters. The number of nitrogens with zero attached hydrogens (tertiary/aromatic N) is 3. The maximum absolute atomic E-state index is 13.6. The van der Waals surface area contributed by atoms with E-state index in [0.717, 1.165) is 0 Å². The molecular formula is C14H16FN5O2S. The van der Waals surface area contributed by atoms with Crippen LogP contribution in [0.1, 0.15) is 12.0 Å². The van der Waals surface area contributed by atoms with Gasteiger partial charge in [0.1, 0.15) is 5.82 Å². The van der Waals surface area contributed by atoms with Crippen molar-refractivity contribution in [3.05, 3.63) is 41.8 Å². The molecule has 0 spiro atoms. The molecule has 7 nitrogen and oxygen atoms in total.